The maximum absolute atomic E-state index is 11.3. The van der Waals surface area contributed by atoms with Crippen molar-refractivity contribution in [3.63, 3.8) is 0 Å². The zero-order valence-corrected chi connectivity index (χ0v) is 24.3. The van der Waals surface area contributed by atoms with Crippen molar-refractivity contribution in [3.05, 3.63) is 60.4 Å². The van der Waals surface area contributed by atoms with Gasteiger partial charge in [-0.1, -0.05) is 84.1 Å². The number of allylic oxidation sites excluding steroid dienone is 4. The van der Waals surface area contributed by atoms with Gasteiger partial charge in [0.1, 0.15) is 24.2 Å². The van der Waals surface area contributed by atoms with Crippen LogP contribution in [0.3, 0.4) is 0 Å². The van der Waals surface area contributed by atoms with Gasteiger partial charge in [-0.2, -0.15) is 0 Å². The van der Waals surface area contributed by atoms with Gasteiger partial charge in [0.25, 0.3) is 0 Å². The Morgan fingerprint density at radius 2 is 1.83 bits per heavy atom. The number of aromatic nitrogens is 1. The molecule has 0 unspecified atom stereocenters. The van der Waals surface area contributed by atoms with Crippen LogP contribution in [-0.4, -0.2) is 37.4 Å². The number of rotatable bonds is 12. The third kappa shape index (κ3) is 8.26. The van der Waals surface area contributed by atoms with Crippen molar-refractivity contribution >= 4 is 20.2 Å². The first-order valence-electron chi connectivity index (χ1n) is 12.6. The highest BCUT2D eigenvalue weighted by Crippen LogP contribution is 2.43. The zero-order chi connectivity index (χ0) is 26.4. The van der Waals surface area contributed by atoms with E-state index in [-0.39, 0.29) is 34.5 Å². The highest BCUT2D eigenvalue weighted by Gasteiger charge is 2.43. The van der Waals surface area contributed by atoms with Gasteiger partial charge < -0.3 is 13.6 Å². The molecule has 1 aromatic rings. The maximum Gasteiger partial charge on any atom is 0.219 e. The lowest BCUT2D eigenvalue weighted by atomic mass is 9.73. The molecule has 0 saturated carbocycles. The van der Waals surface area contributed by atoms with Crippen LogP contribution in [-0.2, 0) is 9.16 Å². The van der Waals surface area contributed by atoms with Crippen molar-refractivity contribution in [3.8, 4) is 0 Å². The lowest BCUT2D eigenvalue weighted by molar-refractivity contribution is 0.0554. The van der Waals surface area contributed by atoms with Crippen LogP contribution in [0.25, 0.3) is 6.08 Å². The van der Waals surface area contributed by atoms with Crippen LogP contribution in [0.15, 0.2) is 53.2 Å². The van der Waals surface area contributed by atoms with E-state index in [4.69, 9.17) is 13.6 Å². The van der Waals surface area contributed by atoms with Gasteiger partial charge in [-0.3, -0.25) is 4.79 Å². The molecular weight excluding hydrogens is 454 g/mol. The van der Waals surface area contributed by atoms with Gasteiger partial charge in [0.05, 0.1) is 6.10 Å². The molecule has 1 aromatic heterocycles. The van der Waals surface area contributed by atoms with Crippen molar-refractivity contribution in [1.29, 1.82) is 0 Å². The summed E-state index contributed by atoms with van der Waals surface area (Å²) >= 11 is 0. The second-order valence-electron chi connectivity index (χ2n) is 11.6. The summed E-state index contributed by atoms with van der Waals surface area (Å²) in [6.07, 6.45) is 18.9. The molecule has 2 heterocycles. The summed E-state index contributed by atoms with van der Waals surface area (Å²) in [5, 5.41) is 0.180. The number of Topliss-reactive ketones (excluding diaryl/α,β-unsaturated/α-hetero) is 1. The second-order valence-corrected chi connectivity index (χ2v) is 16.4. The molecule has 0 amide bonds. The molecule has 35 heavy (non-hydrogen) atoms. The van der Waals surface area contributed by atoms with E-state index in [1.807, 2.05) is 18.2 Å². The summed E-state index contributed by atoms with van der Waals surface area (Å²) in [6.45, 7) is 22.0. The predicted molar refractivity (Wildman–Crippen MR) is 147 cm³/mol. The third-order valence-electron chi connectivity index (χ3n) is 7.51. The summed E-state index contributed by atoms with van der Waals surface area (Å²) in [4.78, 5) is 15.4. The van der Waals surface area contributed by atoms with E-state index in [0.29, 0.717) is 17.5 Å². The monoisotopic (exact) mass is 499 g/mol. The van der Waals surface area contributed by atoms with Crippen molar-refractivity contribution in [2.45, 2.75) is 98.3 Å². The molecule has 1 saturated heterocycles. The average Bonchev–Trinajstić information content (AvgIpc) is 3.31. The van der Waals surface area contributed by atoms with E-state index in [1.165, 1.54) is 13.2 Å². The topological polar surface area (TPSA) is 64.9 Å². The Hall–Kier alpha value is -2.02. The number of ketones is 1. The van der Waals surface area contributed by atoms with E-state index in [9.17, 15) is 4.79 Å². The molecule has 1 fully saturated rings. The molecule has 0 N–H and O–H groups in total. The minimum Gasteiger partial charge on any atom is -0.444 e. The van der Waals surface area contributed by atoms with Crippen LogP contribution in [0.5, 0.6) is 0 Å². The Balaban J connectivity index is 1.87. The fourth-order valence-corrected chi connectivity index (χ4v) is 4.76. The van der Waals surface area contributed by atoms with Crippen LogP contribution in [0.4, 0.5) is 0 Å². The van der Waals surface area contributed by atoms with Gasteiger partial charge in [0, 0.05) is 13.0 Å². The fraction of sp³-hybridized carbons (Fsp3) is 0.586. The Labute approximate surface area is 213 Å². The number of nitrogens with zero attached hydrogens (tertiary/aromatic N) is 1. The van der Waals surface area contributed by atoms with Crippen LogP contribution >= 0.6 is 0 Å². The lowest BCUT2D eigenvalue weighted by Crippen LogP contribution is -2.48. The Bertz CT molecular complexity index is 962. The minimum absolute atomic E-state index is 0.00299. The van der Waals surface area contributed by atoms with Crippen LogP contribution < -0.4 is 0 Å². The van der Waals surface area contributed by atoms with E-state index in [1.54, 1.807) is 6.08 Å². The summed E-state index contributed by atoms with van der Waals surface area (Å²) in [5.41, 5.74) is 0.341. The smallest absolute Gasteiger partial charge is 0.219 e. The maximum atomic E-state index is 11.3. The molecule has 4 atom stereocenters. The SMILES string of the molecule is C/C=C/[C@H](O[Si](C)(C)C(C)(C)C)C(C)(C)[C@@H](C)C/C=C\[C@H]1O[C@H]1/C=C/C=C\c1nc(C(C)=O)co1. The van der Waals surface area contributed by atoms with E-state index in [0.717, 1.165) is 6.42 Å². The molecule has 6 heteroatoms. The number of carbonyl (C=O) groups is 1. The second kappa shape index (κ2) is 11.8. The highest BCUT2D eigenvalue weighted by atomic mass is 28.4. The number of hydrogen-bond acceptors (Lipinski definition) is 5. The molecule has 1 aliphatic heterocycles. The molecule has 0 bridgehead atoms. The number of ether oxygens (including phenoxy) is 1. The van der Waals surface area contributed by atoms with Gasteiger partial charge in [-0.25, -0.2) is 4.98 Å². The molecule has 0 aliphatic carbocycles. The first-order valence-corrected chi connectivity index (χ1v) is 15.5. The molecule has 2 rings (SSSR count). The van der Waals surface area contributed by atoms with Gasteiger partial charge in [0.15, 0.2) is 14.1 Å². The number of carbonyl (C=O) groups excluding carboxylic acids is 1. The number of hydrogen-bond donors (Lipinski definition) is 0. The van der Waals surface area contributed by atoms with Crippen LogP contribution in [0, 0.1) is 11.3 Å². The Morgan fingerprint density at radius 3 is 2.40 bits per heavy atom. The molecule has 0 radical (unpaired) electrons. The fourth-order valence-electron chi connectivity index (χ4n) is 3.39. The van der Waals surface area contributed by atoms with Gasteiger partial charge >= 0.3 is 0 Å². The van der Waals surface area contributed by atoms with Gasteiger partial charge in [0.2, 0.25) is 5.89 Å². The van der Waals surface area contributed by atoms with Gasteiger partial charge in [-0.05, 0) is 42.8 Å². The Morgan fingerprint density at radius 1 is 1.17 bits per heavy atom. The first-order chi connectivity index (χ1) is 16.2. The minimum atomic E-state index is -1.88. The number of oxazole rings is 1. The van der Waals surface area contributed by atoms with Crippen molar-refractivity contribution in [1.82, 2.24) is 4.98 Å². The van der Waals surface area contributed by atoms with Crippen LogP contribution in [0.1, 0.15) is 78.2 Å². The van der Waals surface area contributed by atoms with E-state index < -0.39 is 8.32 Å². The van der Waals surface area contributed by atoms with E-state index >= 15 is 0 Å². The molecule has 0 aromatic carbocycles. The third-order valence-corrected chi connectivity index (χ3v) is 12.0. The Kier molecular flexibility index (Phi) is 9.85. The summed E-state index contributed by atoms with van der Waals surface area (Å²) in [6, 6.07) is 0. The predicted octanol–water partition coefficient (Wildman–Crippen LogP) is 7.79. The standard InChI is InChI=1S/C29H45NO4Si/c1-11-15-26(34-35(9,10)28(4,5)6)29(7,8)21(2)16-14-18-25-24(33-25)17-12-13-19-27-30-23(20-32-27)22(3)31/h11-15,17-21,24-26H,16H2,1-10H3/b15-11+,17-12+,18-14-,19-13-/t21-,24-,25+,26-/m0/s1. The summed E-state index contributed by atoms with van der Waals surface area (Å²) < 4.78 is 17.8. The van der Waals surface area contributed by atoms with Crippen molar-refractivity contribution in [2.24, 2.45) is 11.3 Å². The van der Waals surface area contributed by atoms with Crippen LogP contribution in [0.2, 0.25) is 18.1 Å². The van der Waals surface area contributed by atoms with Gasteiger partial charge in [-0.15, -0.1) is 0 Å². The quantitative estimate of drug-likeness (QED) is 0.0965. The molecule has 0 spiro atoms. The normalized spacial score (nSPS) is 21.5. The van der Waals surface area contributed by atoms with Crippen molar-refractivity contribution in [2.75, 3.05) is 0 Å². The number of epoxide rings is 1. The molecular formula is C29H45NO4Si. The average molecular weight is 500 g/mol. The summed E-state index contributed by atoms with van der Waals surface area (Å²) in [5.74, 6) is 0.752. The van der Waals surface area contributed by atoms with Crippen molar-refractivity contribution < 1.29 is 18.4 Å². The molecule has 1 aliphatic rings. The van der Waals surface area contributed by atoms with E-state index in [2.05, 4.69) is 90.8 Å². The largest absolute Gasteiger partial charge is 0.444 e. The molecule has 5 nitrogen and oxygen atoms in total. The lowest BCUT2D eigenvalue weighted by Gasteiger charge is -2.45. The zero-order valence-electron chi connectivity index (χ0n) is 23.3. The highest BCUT2D eigenvalue weighted by molar-refractivity contribution is 6.74. The molecule has 194 valence electrons. The first kappa shape index (κ1) is 29.2. The summed E-state index contributed by atoms with van der Waals surface area (Å²) in [7, 11) is -1.88.